The van der Waals surface area contributed by atoms with Gasteiger partial charge in [0.05, 0.1) is 6.42 Å². The van der Waals surface area contributed by atoms with Gasteiger partial charge in [0.2, 0.25) is 5.91 Å². The number of unbranched alkanes of at least 4 members (excludes halogenated alkanes) is 7. The highest BCUT2D eigenvalue weighted by atomic mass is 32.3. The minimum Gasteiger partial charge on any atom is -0.481 e. The number of hydrogen-bond acceptors (Lipinski definition) is 20. The molecule has 3 saturated heterocycles. The molecule has 1 amide bonds. The number of carboxylic acid groups (broad SMARTS) is 2. The van der Waals surface area contributed by atoms with Gasteiger partial charge in [-0.2, -0.15) is 8.42 Å². The second-order valence-electron chi connectivity index (χ2n) is 18.2. The van der Waals surface area contributed by atoms with Crippen LogP contribution in [-0.2, 0) is 62.2 Å². The molecule has 4 heterocycles. The maximum atomic E-state index is 14.7. The Morgan fingerprint density at radius 1 is 0.915 bits per heavy atom. The molecular weight excluding hydrogens is 967 g/mol. The van der Waals surface area contributed by atoms with Gasteiger partial charge in [-0.15, -0.1) is 0 Å². The third kappa shape index (κ3) is 16.9. The predicted molar refractivity (Wildman–Crippen MR) is 244 cm³/mol. The van der Waals surface area contributed by atoms with Gasteiger partial charge in [-0.3, -0.25) is 43.0 Å². The number of nitrogens with two attached hydrogens (primary N) is 1. The Kier molecular flexibility index (Phi) is 22.7. The van der Waals surface area contributed by atoms with Crippen LogP contribution >= 0.6 is 0 Å². The number of nitrogens with one attached hydrogen (secondary N) is 1. The van der Waals surface area contributed by atoms with Crippen LogP contribution in [-0.4, -0.2) is 188 Å². The number of amides is 1. The van der Waals surface area contributed by atoms with Crippen molar-refractivity contribution in [3.8, 4) is 0 Å². The quantitative estimate of drug-likeness (QED) is 0.0220. The number of aliphatic hydroxyl groups excluding tert-OH is 3. The van der Waals surface area contributed by atoms with Gasteiger partial charge < -0.3 is 59.9 Å². The smallest absolute Gasteiger partial charge is 0.397 e. The second kappa shape index (κ2) is 27.4. The van der Waals surface area contributed by atoms with Gasteiger partial charge in [0.15, 0.2) is 24.7 Å². The number of carbonyl (C=O) groups is 5. The van der Waals surface area contributed by atoms with Crippen LogP contribution in [0.25, 0.3) is 0 Å². The van der Waals surface area contributed by atoms with Crippen LogP contribution in [0, 0.1) is 5.92 Å². The van der Waals surface area contributed by atoms with Crippen molar-refractivity contribution in [2.45, 2.75) is 177 Å². The van der Waals surface area contributed by atoms with Gasteiger partial charge in [-0.1, -0.05) is 58.1 Å². The average Bonchev–Trinajstić information content (AvgIpc) is 3.69. The fraction of sp³-hybridized carbons (Fsp3) is 0.750. The molecule has 3 aliphatic heterocycles. The van der Waals surface area contributed by atoms with Crippen molar-refractivity contribution < 1.29 is 90.3 Å². The lowest BCUT2D eigenvalue weighted by Gasteiger charge is -2.38. The van der Waals surface area contributed by atoms with Gasteiger partial charge in [0.1, 0.15) is 54.9 Å². The number of allylic oxidation sites excluding steroid dienone is 2. The summed E-state index contributed by atoms with van der Waals surface area (Å²) in [6, 6.07) is -2.90. The first-order valence-corrected chi connectivity index (χ1v) is 25.0. The molecule has 0 spiro atoms. The van der Waals surface area contributed by atoms with Crippen LogP contribution < -0.4 is 17.0 Å². The van der Waals surface area contributed by atoms with Gasteiger partial charge >= 0.3 is 40.0 Å². The number of hydrogen-bond donors (Lipinski definition) is 8. The number of esters is 2. The summed E-state index contributed by atoms with van der Waals surface area (Å²) in [6.07, 6.45) is -7.46. The second-order valence-corrected chi connectivity index (χ2v) is 19.2. The Labute approximate surface area is 409 Å². The van der Waals surface area contributed by atoms with E-state index in [1.54, 1.807) is 6.92 Å². The van der Waals surface area contributed by atoms with E-state index in [0.29, 0.717) is 22.3 Å². The van der Waals surface area contributed by atoms with E-state index in [9.17, 15) is 72.1 Å². The zero-order chi connectivity index (χ0) is 52.7. The minimum atomic E-state index is -5.37. The third-order valence-corrected chi connectivity index (χ3v) is 12.9. The molecule has 0 saturated carbocycles. The normalized spacial score (nSPS) is 28.7. The Morgan fingerprint density at radius 3 is 2.20 bits per heavy atom. The maximum Gasteiger partial charge on any atom is 0.397 e. The largest absolute Gasteiger partial charge is 0.481 e. The number of rotatable bonds is 28. The molecule has 0 bridgehead atoms. The lowest BCUT2D eigenvalue weighted by atomic mass is 9.97. The van der Waals surface area contributed by atoms with E-state index >= 15 is 0 Å². The van der Waals surface area contributed by atoms with Crippen molar-refractivity contribution in [1.82, 2.24) is 19.4 Å². The number of nitrogens with zero attached hydrogens (tertiary/aromatic N) is 3. The van der Waals surface area contributed by atoms with Gasteiger partial charge in [0, 0.05) is 45.2 Å². The number of likely N-dealkylation sites (N-methyl/N-ethyl adjacent to an activating group) is 2. The fourth-order valence-corrected chi connectivity index (χ4v) is 9.37. The number of aromatic nitrogens is 2. The first kappa shape index (κ1) is 58.9. The molecule has 1 aromatic rings. The third-order valence-electron chi connectivity index (χ3n) is 12.5. The molecule has 0 aliphatic carbocycles. The molecule has 0 aromatic carbocycles. The molecule has 26 nitrogen and oxygen atoms in total. The topological polar surface area (TPSA) is 384 Å². The molecule has 3 fully saturated rings. The summed E-state index contributed by atoms with van der Waals surface area (Å²) >= 11 is 0. The average molecular weight is 1040 g/mol. The Balaban J connectivity index is 1.63. The number of carboxylic acids is 2. The van der Waals surface area contributed by atoms with Gasteiger partial charge in [-0.05, 0) is 45.1 Å². The van der Waals surface area contributed by atoms with Crippen molar-refractivity contribution in [1.29, 1.82) is 0 Å². The first-order valence-electron chi connectivity index (χ1n) is 23.6. The van der Waals surface area contributed by atoms with Crippen LogP contribution in [0.4, 0.5) is 0 Å². The highest BCUT2D eigenvalue weighted by Crippen LogP contribution is 2.37. The van der Waals surface area contributed by atoms with E-state index in [1.807, 2.05) is 11.1 Å². The molecule has 4 rings (SSSR count). The molecule has 3 aliphatic rings. The molecule has 6 unspecified atom stereocenters. The van der Waals surface area contributed by atoms with Crippen LogP contribution in [0.3, 0.4) is 0 Å². The maximum absolute atomic E-state index is 14.7. The van der Waals surface area contributed by atoms with E-state index in [1.165, 1.54) is 19.9 Å². The van der Waals surface area contributed by atoms with Gasteiger partial charge in [-0.25, -0.2) is 13.8 Å². The summed E-state index contributed by atoms with van der Waals surface area (Å²) in [7, 11) is -3.07. The number of H-pyrrole nitrogens is 1. The lowest BCUT2D eigenvalue weighted by molar-refractivity contribution is -0.230. The van der Waals surface area contributed by atoms with Crippen molar-refractivity contribution in [2.75, 3.05) is 27.2 Å². The summed E-state index contributed by atoms with van der Waals surface area (Å²) in [6.45, 7) is 2.61. The lowest BCUT2D eigenvalue weighted by Crippen LogP contribution is -2.60. The number of ether oxygens (including phenoxy) is 5. The number of carbonyl (C=O) groups excluding carboxylic acids is 3. The Morgan fingerprint density at radius 2 is 1.58 bits per heavy atom. The minimum absolute atomic E-state index is 0.162. The van der Waals surface area contributed by atoms with E-state index in [2.05, 4.69) is 17.2 Å². The zero-order valence-electron chi connectivity index (χ0n) is 40.1. The standard InChI is InChI=1S/C44H69N5O21S/c1-5-6-7-8-9-10-11-12-13-14-15-16-25(65-30(53)20-24(2)19-29(51)52)21-31(54)66-27-23-47(3)33(40(58)48(4)32(27)42(59)60)37(69-43-39(70-71(62,63)64)34(55)26(22-45)67-43)38-35(56)36(57)41(68-38)49-18-17-28(50)46-44(49)61/h12-13,17-18,24-27,32-39,41,43,55-57H,5-11,14-16,19-23,45H2,1-4H3,(H,51,52)(H,59,60)(H,46,50,61)(H,62,63,64)/b13-12-/t24?,25?,26-,27?,32?,33?,34-,35+,36-,37?,38+,39-,41-,43+/m1/s1. The van der Waals surface area contributed by atoms with E-state index in [-0.39, 0.29) is 19.3 Å². The van der Waals surface area contributed by atoms with Crippen LogP contribution in [0.5, 0.6) is 0 Å². The summed E-state index contributed by atoms with van der Waals surface area (Å²) in [5.41, 5.74) is 3.79. The molecule has 27 heteroatoms. The van der Waals surface area contributed by atoms with E-state index < -0.39 is 156 Å². The Hall–Kier alpha value is -4.68. The SMILES string of the molecule is CCCCCCCC/C=C\CCCC(CC(=O)OC1CN(C)C(C(O[C@@H]2O[C@H](CN)[C@@H](O)[C@H]2OS(=O)(=O)O)[C@H]2O[C@@H](n3ccc(=O)[nH]c3=O)[C@H](O)[C@@H]2O)C(=O)N(C)C1C(=O)O)OC(=O)CC(C)CC(=O)O. The molecule has 1 aromatic heterocycles. The van der Waals surface area contributed by atoms with Crippen molar-refractivity contribution in [3.63, 3.8) is 0 Å². The van der Waals surface area contributed by atoms with Crippen molar-refractivity contribution >= 4 is 40.2 Å². The molecule has 71 heavy (non-hydrogen) atoms. The predicted octanol–water partition coefficient (Wildman–Crippen LogP) is -0.809. The summed E-state index contributed by atoms with van der Waals surface area (Å²) < 4.78 is 68.0. The van der Waals surface area contributed by atoms with Gasteiger partial charge in [0.25, 0.3) is 5.56 Å². The highest BCUT2D eigenvalue weighted by molar-refractivity contribution is 7.80. The number of aromatic amines is 1. The summed E-state index contributed by atoms with van der Waals surface area (Å²) in [4.78, 5) is 94.2. The molecule has 9 N–H and O–H groups in total. The van der Waals surface area contributed by atoms with Crippen LogP contribution in [0.2, 0.25) is 0 Å². The zero-order valence-corrected chi connectivity index (χ0v) is 40.9. The first-order chi connectivity index (χ1) is 33.5. The monoisotopic (exact) mass is 1040 g/mol. The summed E-state index contributed by atoms with van der Waals surface area (Å²) in [5, 5.41) is 53.4. The number of aliphatic hydroxyl groups is 3. The van der Waals surface area contributed by atoms with Crippen LogP contribution in [0.15, 0.2) is 34.0 Å². The molecule has 14 atom stereocenters. The van der Waals surface area contributed by atoms with E-state index in [0.717, 1.165) is 56.3 Å². The number of aliphatic carboxylic acids is 2. The molecule has 0 radical (unpaired) electrons. The van der Waals surface area contributed by atoms with E-state index in [4.69, 9.17) is 29.4 Å². The molecular formula is C44H69N5O21S. The fourth-order valence-electron chi connectivity index (χ4n) is 8.89. The van der Waals surface area contributed by atoms with Crippen molar-refractivity contribution in [3.05, 3.63) is 45.3 Å². The summed E-state index contributed by atoms with van der Waals surface area (Å²) in [5.74, 6) is -6.33. The Bertz CT molecular complexity index is 2210. The van der Waals surface area contributed by atoms with Crippen LogP contribution in [0.1, 0.15) is 104 Å². The molecule has 402 valence electrons. The highest BCUT2D eigenvalue weighted by Gasteiger charge is 2.58. The van der Waals surface area contributed by atoms with Crippen molar-refractivity contribution in [2.24, 2.45) is 11.7 Å².